The Balaban J connectivity index is 1.81. The normalized spacial score (nSPS) is 17.7. The molecule has 21 heavy (non-hydrogen) atoms. The zero-order valence-corrected chi connectivity index (χ0v) is 13.2. The van der Waals surface area contributed by atoms with Gasteiger partial charge in [0, 0.05) is 18.2 Å². The predicted molar refractivity (Wildman–Crippen MR) is 86.1 cm³/mol. The molecule has 2 rings (SSSR count). The van der Waals surface area contributed by atoms with Crippen LogP contribution in [0.1, 0.15) is 39.0 Å². The Morgan fingerprint density at radius 1 is 1.52 bits per heavy atom. The largest absolute Gasteiger partial charge is 0.492 e. The first-order chi connectivity index (χ1) is 10.2. The molecule has 0 spiro atoms. The van der Waals surface area contributed by atoms with E-state index in [-0.39, 0.29) is 5.91 Å². The molecule has 0 aromatic heterocycles. The van der Waals surface area contributed by atoms with E-state index in [4.69, 9.17) is 16.3 Å². The van der Waals surface area contributed by atoms with Crippen molar-refractivity contribution in [3.05, 3.63) is 23.2 Å². The first kappa shape index (κ1) is 16.1. The minimum atomic E-state index is 0.0296. The lowest BCUT2D eigenvalue weighted by molar-refractivity contribution is -0.116. The zero-order valence-electron chi connectivity index (χ0n) is 12.5. The van der Waals surface area contributed by atoms with E-state index in [9.17, 15) is 4.79 Å². The molecule has 1 aromatic carbocycles. The maximum absolute atomic E-state index is 11.9. The molecule has 2 N–H and O–H groups in total. The highest BCUT2D eigenvalue weighted by molar-refractivity contribution is 6.32. The van der Waals surface area contributed by atoms with Crippen LogP contribution in [0.5, 0.6) is 5.75 Å². The van der Waals surface area contributed by atoms with E-state index < -0.39 is 0 Å². The number of nitrogens with one attached hydrogen (secondary N) is 2. The summed E-state index contributed by atoms with van der Waals surface area (Å²) in [6.45, 7) is 3.75. The summed E-state index contributed by atoms with van der Waals surface area (Å²) < 4.78 is 5.51. The maximum Gasteiger partial charge on any atom is 0.224 e. The van der Waals surface area contributed by atoms with Crippen molar-refractivity contribution in [3.8, 4) is 5.75 Å². The molecule has 1 aliphatic heterocycles. The van der Waals surface area contributed by atoms with E-state index in [2.05, 4.69) is 10.6 Å². The van der Waals surface area contributed by atoms with Gasteiger partial charge >= 0.3 is 0 Å². The van der Waals surface area contributed by atoms with Crippen LogP contribution in [0, 0.1) is 0 Å². The van der Waals surface area contributed by atoms with Gasteiger partial charge in [0.1, 0.15) is 5.75 Å². The molecule has 116 valence electrons. The third kappa shape index (κ3) is 5.21. The second-order valence-corrected chi connectivity index (χ2v) is 5.78. The van der Waals surface area contributed by atoms with Gasteiger partial charge in [0.2, 0.25) is 5.91 Å². The minimum absolute atomic E-state index is 0.0296. The van der Waals surface area contributed by atoms with Gasteiger partial charge in [-0.1, -0.05) is 18.5 Å². The van der Waals surface area contributed by atoms with Crippen LogP contribution in [0.25, 0.3) is 0 Å². The highest BCUT2D eigenvalue weighted by atomic mass is 35.5. The first-order valence-corrected chi connectivity index (χ1v) is 8.02. The summed E-state index contributed by atoms with van der Waals surface area (Å²) in [6.07, 6.45) is 4.73. The van der Waals surface area contributed by atoms with Crippen LogP contribution in [0.15, 0.2) is 18.2 Å². The van der Waals surface area contributed by atoms with Crippen molar-refractivity contribution in [1.82, 2.24) is 5.32 Å². The fourth-order valence-corrected chi connectivity index (χ4v) is 2.67. The van der Waals surface area contributed by atoms with E-state index in [1.54, 1.807) is 12.1 Å². The fourth-order valence-electron chi connectivity index (χ4n) is 2.44. The monoisotopic (exact) mass is 310 g/mol. The Morgan fingerprint density at radius 2 is 2.38 bits per heavy atom. The highest BCUT2D eigenvalue weighted by Gasteiger charge is 2.15. The number of ether oxygens (including phenoxy) is 1. The average Bonchev–Trinajstić information content (AvgIpc) is 2.98. The second-order valence-electron chi connectivity index (χ2n) is 5.37. The molecular formula is C16H23ClN2O2. The number of carbonyl (C=O) groups is 1. The Morgan fingerprint density at radius 3 is 3.05 bits per heavy atom. The Bertz CT molecular complexity index is 473. The highest BCUT2D eigenvalue weighted by Crippen LogP contribution is 2.28. The van der Waals surface area contributed by atoms with Gasteiger partial charge in [-0.05, 0) is 50.4 Å². The van der Waals surface area contributed by atoms with Gasteiger partial charge < -0.3 is 15.4 Å². The van der Waals surface area contributed by atoms with Crippen LogP contribution < -0.4 is 15.4 Å². The minimum Gasteiger partial charge on any atom is -0.492 e. The summed E-state index contributed by atoms with van der Waals surface area (Å²) in [5.74, 6) is 0.689. The number of anilines is 1. The van der Waals surface area contributed by atoms with Gasteiger partial charge in [-0.3, -0.25) is 4.79 Å². The second kappa shape index (κ2) is 8.25. The number of halogens is 1. The lowest BCUT2D eigenvalue weighted by atomic mass is 10.1. The lowest BCUT2D eigenvalue weighted by Gasteiger charge is -2.11. The molecular weight excluding hydrogens is 288 g/mol. The molecule has 1 atom stereocenters. The van der Waals surface area contributed by atoms with E-state index in [0.717, 1.165) is 19.4 Å². The quantitative estimate of drug-likeness (QED) is 0.809. The van der Waals surface area contributed by atoms with Crippen molar-refractivity contribution in [2.24, 2.45) is 0 Å². The Kier molecular flexibility index (Phi) is 6.33. The molecule has 0 aliphatic carbocycles. The number of benzene rings is 1. The molecule has 0 bridgehead atoms. The van der Waals surface area contributed by atoms with Crippen molar-refractivity contribution < 1.29 is 9.53 Å². The van der Waals surface area contributed by atoms with Gasteiger partial charge in [0.25, 0.3) is 0 Å². The van der Waals surface area contributed by atoms with Gasteiger partial charge in [0.15, 0.2) is 0 Å². The van der Waals surface area contributed by atoms with E-state index in [1.807, 2.05) is 13.0 Å². The fraction of sp³-hybridized carbons (Fsp3) is 0.562. The molecule has 1 amide bonds. The van der Waals surface area contributed by atoms with E-state index in [0.29, 0.717) is 35.5 Å². The van der Waals surface area contributed by atoms with E-state index in [1.165, 1.54) is 12.8 Å². The molecule has 1 saturated heterocycles. The third-order valence-corrected chi connectivity index (χ3v) is 3.85. The molecule has 1 unspecified atom stereocenters. The van der Waals surface area contributed by atoms with Crippen LogP contribution in [-0.4, -0.2) is 25.1 Å². The molecule has 4 nitrogen and oxygen atoms in total. The smallest absolute Gasteiger partial charge is 0.224 e. The third-order valence-electron chi connectivity index (χ3n) is 3.56. The lowest BCUT2D eigenvalue weighted by Crippen LogP contribution is -2.23. The van der Waals surface area contributed by atoms with Crippen LogP contribution in [0.3, 0.4) is 0 Å². The molecule has 0 radical (unpaired) electrons. The topological polar surface area (TPSA) is 50.4 Å². The van der Waals surface area contributed by atoms with Crippen molar-refractivity contribution in [3.63, 3.8) is 0 Å². The summed E-state index contributed by atoms with van der Waals surface area (Å²) in [7, 11) is 0. The summed E-state index contributed by atoms with van der Waals surface area (Å²) in [5.41, 5.74) is 0.716. The number of rotatable bonds is 7. The van der Waals surface area contributed by atoms with Crippen LogP contribution >= 0.6 is 11.6 Å². The molecule has 1 aliphatic rings. The predicted octanol–water partition coefficient (Wildman–Crippen LogP) is 3.60. The summed E-state index contributed by atoms with van der Waals surface area (Å²) in [6, 6.07) is 5.84. The summed E-state index contributed by atoms with van der Waals surface area (Å²) in [5, 5.41) is 6.80. The van der Waals surface area contributed by atoms with Gasteiger partial charge in [-0.2, -0.15) is 0 Å². The van der Waals surface area contributed by atoms with Crippen LogP contribution in [-0.2, 0) is 4.79 Å². The van der Waals surface area contributed by atoms with Crippen molar-refractivity contribution in [2.45, 2.75) is 45.1 Å². The van der Waals surface area contributed by atoms with Crippen molar-refractivity contribution >= 4 is 23.2 Å². The SMILES string of the molecule is CCCOc1ccc(NC(=O)CCC2CCCN2)cc1Cl. The molecule has 5 heteroatoms. The molecule has 1 heterocycles. The van der Waals surface area contributed by atoms with Gasteiger partial charge in [0.05, 0.1) is 11.6 Å². The Hall–Kier alpha value is -1.26. The number of hydrogen-bond donors (Lipinski definition) is 2. The van der Waals surface area contributed by atoms with Gasteiger partial charge in [-0.15, -0.1) is 0 Å². The Labute approximate surface area is 131 Å². The summed E-state index contributed by atoms with van der Waals surface area (Å²) in [4.78, 5) is 11.9. The van der Waals surface area contributed by atoms with Crippen LogP contribution in [0.4, 0.5) is 5.69 Å². The average molecular weight is 311 g/mol. The first-order valence-electron chi connectivity index (χ1n) is 7.64. The number of carbonyl (C=O) groups excluding carboxylic acids is 1. The molecule has 1 aromatic rings. The van der Waals surface area contributed by atoms with Crippen molar-refractivity contribution in [2.75, 3.05) is 18.5 Å². The molecule has 0 saturated carbocycles. The van der Waals surface area contributed by atoms with Gasteiger partial charge in [-0.25, -0.2) is 0 Å². The molecule has 1 fully saturated rings. The summed E-state index contributed by atoms with van der Waals surface area (Å²) >= 11 is 6.14. The number of hydrogen-bond acceptors (Lipinski definition) is 3. The van der Waals surface area contributed by atoms with E-state index >= 15 is 0 Å². The van der Waals surface area contributed by atoms with Crippen LogP contribution in [0.2, 0.25) is 5.02 Å². The zero-order chi connectivity index (χ0) is 15.1. The van der Waals surface area contributed by atoms with Crippen molar-refractivity contribution in [1.29, 1.82) is 0 Å². The maximum atomic E-state index is 11.9. The standard InChI is InChI=1S/C16H23ClN2O2/c1-2-10-21-15-7-5-13(11-14(15)17)19-16(20)8-6-12-4-3-9-18-12/h5,7,11-12,18H,2-4,6,8-10H2,1H3,(H,19,20). The number of amides is 1.